The van der Waals surface area contributed by atoms with Gasteiger partial charge in [-0.3, -0.25) is 4.79 Å². The Morgan fingerprint density at radius 2 is 2.00 bits per heavy atom. The molecule has 1 aromatic carbocycles. The van der Waals surface area contributed by atoms with Gasteiger partial charge in [-0.1, -0.05) is 24.3 Å². The number of likely N-dealkylation sites (tertiary alicyclic amines) is 1. The van der Waals surface area contributed by atoms with Gasteiger partial charge in [-0.25, -0.2) is 0 Å². The molecule has 3 nitrogen and oxygen atoms in total. The number of amides is 1. The zero-order chi connectivity index (χ0) is 13.0. The second-order valence-corrected chi connectivity index (χ2v) is 5.22. The quantitative estimate of drug-likeness (QED) is 0.884. The van der Waals surface area contributed by atoms with Crippen molar-refractivity contribution in [1.29, 1.82) is 0 Å². The highest BCUT2D eigenvalue weighted by Gasteiger charge is 2.22. The zero-order valence-corrected chi connectivity index (χ0v) is 11.3. The lowest BCUT2D eigenvalue weighted by atomic mass is 9.96. The van der Waals surface area contributed by atoms with Crippen molar-refractivity contribution in [2.24, 2.45) is 5.92 Å². The molecule has 1 aliphatic heterocycles. The molecule has 3 heteroatoms. The van der Waals surface area contributed by atoms with Crippen LogP contribution in [-0.4, -0.2) is 30.9 Å². The maximum Gasteiger partial charge on any atom is 0.223 e. The van der Waals surface area contributed by atoms with Gasteiger partial charge < -0.3 is 10.2 Å². The van der Waals surface area contributed by atoms with Gasteiger partial charge in [0.25, 0.3) is 0 Å². The Morgan fingerprint density at radius 1 is 1.33 bits per heavy atom. The van der Waals surface area contributed by atoms with Crippen molar-refractivity contribution in [3.05, 3.63) is 35.4 Å². The first-order valence-corrected chi connectivity index (χ1v) is 6.67. The van der Waals surface area contributed by atoms with Gasteiger partial charge in [-0.15, -0.1) is 0 Å². The molecule has 0 aromatic heterocycles. The average Bonchev–Trinajstić information content (AvgIpc) is 2.38. The van der Waals surface area contributed by atoms with E-state index in [-0.39, 0.29) is 11.8 Å². The molecule has 1 heterocycles. The molecule has 1 fully saturated rings. The van der Waals surface area contributed by atoms with E-state index in [1.54, 1.807) is 0 Å². The van der Waals surface area contributed by atoms with Gasteiger partial charge in [0.15, 0.2) is 0 Å². The fraction of sp³-hybridized carbons (Fsp3) is 0.533. The number of hydrogen-bond donors (Lipinski definition) is 1. The van der Waals surface area contributed by atoms with Gasteiger partial charge in [-0.2, -0.15) is 0 Å². The molecule has 1 saturated heterocycles. The Hall–Kier alpha value is -1.35. The standard InChI is InChI=1S/C15H22N2O/c1-12-5-3-4-6-14(12)11-16-15(18)13-7-9-17(2)10-8-13/h3-6,13H,7-11H2,1-2H3,(H,16,18). The minimum atomic E-state index is 0.199. The van der Waals surface area contributed by atoms with Gasteiger partial charge >= 0.3 is 0 Å². The van der Waals surface area contributed by atoms with Crippen LogP contribution in [0.2, 0.25) is 0 Å². The lowest BCUT2D eigenvalue weighted by Crippen LogP contribution is -2.38. The van der Waals surface area contributed by atoms with E-state index in [1.807, 2.05) is 12.1 Å². The van der Waals surface area contributed by atoms with E-state index in [0.29, 0.717) is 6.54 Å². The van der Waals surface area contributed by atoms with Crippen molar-refractivity contribution in [3.8, 4) is 0 Å². The molecule has 1 amide bonds. The molecular weight excluding hydrogens is 224 g/mol. The summed E-state index contributed by atoms with van der Waals surface area (Å²) in [7, 11) is 2.11. The van der Waals surface area contributed by atoms with Crippen molar-refractivity contribution in [2.45, 2.75) is 26.3 Å². The highest BCUT2D eigenvalue weighted by Crippen LogP contribution is 2.16. The molecule has 0 bridgehead atoms. The van der Waals surface area contributed by atoms with Gasteiger partial charge in [0.2, 0.25) is 5.91 Å². The number of nitrogens with zero attached hydrogens (tertiary/aromatic N) is 1. The van der Waals surface area contributed by atoms with Crippen molar-refractivity contribution < 1.29 is 4.79 Å². The van der Waals surface area contributed by atoms with E-state index < -0.39 is 0 Å². The first-order valence-electron chi connectivity index (χ1n) is 6.67. The first kappa shape index (κ1) is 13.1. The summed E-state index contributed by atoms with van der Waals surface area (Å²) in [4.78, 5) is 14.3. The molecule has 18 heavy (non-hydrogen) atoms. The first-order chi connectivity index (χ1) is 8.66. The summed E-state index contributed by atoms with van der Waals surface area (Å²) in [5.74, 6) is 0.413. The number of rotatable bonds is 3. The van der Waals surface area contributed by atoms with E-state index in [2.05, 4.69) is 36.3 Å². The van der Waals surface area contributed by atoms with Crippen LogP contribution >= 0.6 is 0 Å². The Morgan fingerprint density at radius 3 is 2.67 bits per heavy atom. The molecule has 1 N–H and O–H groups in total. The van der Waals surface area contributed by atoms with Crippen LogP contribution in [0.4, 0.5) is 0 Å². The number of nitrogens with one attached hydrogen (secondary N) is 1. The van der Waals surface area contributed by atoms with Gasteiger partial charge in [0.1, 0.15) is 0 Å². The molecule has 2 rings (SSSR count). The summed E-state index contributed by atoms with van der Waals surface area (Å²) in [6, 6.07) is 8.20. The van der Waals surface area contributed by atoms with E-state index in [9.17, 15) is 4.79 Å². The zero-order valence-electron chi connectivity index (χ0n) is 11.3. The number of hydrogen-bond acceptors (Lipinski definition) is 2. The summed E-state index contributed by atoms with van der Waals surface area (Å²) >= 11 is 0. The highest BCUT2D eigenvalue weighted by atomic mass is 16.1. The maximum absolute atomic E-state index is 12.1. The number of benzene rings is 1. The third kappa shape index (κ3) is 3.33. The summed E-state index contributed by atoms with van der Waals surface area (Å²) in [6.07, 6.45) is 1.96. The maximum atomic E-state index is 12.1. The Balaban J connectivity index is 1.83. The highest BCUT2D eigenvalue weighted by molar-refractivity contribution is 5.78. The van der Waals surface area contributed by atoms with E-state index >= 15 is 0 Å². The molecular formula is C15H22N2O. The van der Waals surface area contributed by atoms with Crippen molar-refractivity contribution in [3.63, 3.8) is 0 Å². The van der Waals surface area contributed by atoms with Crippen LogP contribution in [0.3, 0.4) is 0 Å². The van der Waals surface area contributed by atoms with E-state index in [4.69, 9.17) is 0 Å². The average molecular weight is 246 g/mol. The minimum Gasteiger partial charge on any atom is -0.352 e. The molecule has 1 aliphatic rings. The van der Waals surface area contributed by atoms with Gasteiger partial charge in [0, 0.05) is 12.5 Å². The summed E-state index contributed by atoms with van der Waals surface area (Å²) in [5, 5.41) is 3.07. The van der Waals surface area contributed by atoms with E-state index in [0.717, 1.165) is 25.9 Å². The molecule has 0 atom stereocenters. The number of carbonyl (C=O) groups excluding carboxylic acids is 1. The topological polar surface area (TPSA) is 32.3 Å². The molecule has 0 spiro atoms. The third-order valence-electron chi connectivity index (χ3n) is 3.80. The largest absolute Gasteiger partial charge is 0.352 e. The van der Waals surface area contributed by atoms with Crippen LogP contribution in [-0.2, 0) is 11.3 Å². The molecule has 0 saturated carbocycles. The Labute approximate surface area is 109 Å². The summed E-state index contributed by atoms with van der Waals surface area (Å²) < 4.78 is 0. The van der Waals surface area contributed by atoms with Crippen LogP contribution in [0.5, 0.6) is 0 Å². The predicted molar refractivity (Wildman–Crippen MR) is 73.2 cm³/mol. The SMILES string of the molecule is Cc1ccccc1CNC(=O)C1CCN(C)CC1. The smallest absolute Gasteiger partial charge is 0.223 e. The van der Waals surface area contributed by atoms with Crippen LogP contribution in [0, 0.1) is 12.8 Å². The van der Waals surface area contributed by atoms with Gasteiger partial charge in [0.05, 0.1) is 0 Å². The van der Waals surface area contributed by atoms with Crippen LogP contribution in [0.1, 0.15) is 24.0 Å². The Bertz CT molecular complexity index is 409. The second kappa shape index (κ2) is 6.01. The fourth-order valence-corrected chi connectivity index (χ4v) is 2.41. The second-order valence-electron chi connectivity index (χ2n) is 5.22. The van der Waals surface area contributed by atoms with Crippen LogP contribution in [0.25, 0.3) is 0 Å². The van der Waals surface area contributed by atoms with Crippen molar-refractivity contribution in [1.82, 2.24) is 10.2 Å². The molecule has 98 valence electrons. The van der Waals surface area contributed by atoms with Crippen molar-refractivity contribution in [2.75, 3.05) is 20.1 Å². The lowest BCUT2D eigenvalue weighted by molar-refractivity contribution is -0.126. The predicted octanol–water partition coefficient (Wildman–Crippen LogP) is 1.95. The summed E-state index contributed by atoms with van der Waals surface area (Å²) in [6.45, 7) is 4.79. The lowest BCUT2D eigenvalue weighted by Gasteiger charge is -2.28. The molecule has 0 aliphatic carbocycles. The van der Waals surface area contributed by atoms with Crippen molar-refractivity contribution >= 4 is 5.91 Å². The monoisotopic (exact) mass is 246 g/mol. The number of piperidine rings is 1. The van der Waals surface area contributed by atoms with E-state index in [1.165, 1.54) is 11.1 Å². The summed E-state index contributed by atoms with van der Waals surface area (Å²) in [5.41, 5.74) is 2.44. The molecule has 1 aromatic rings. The number of carbonyl (C=O) groups is 1. The fourth-order valence-electron chi connectivity index (χ4n) is 2.41. The van der Waals surface area contributed by atoms with Crippen LogP contribution < -0.4 is 5.32 Å². The van der Waals surface area contributed by atoms with Gasteiger partial charge in [-0.05, 0) is 51.0 Å². The normalized spacial score (nSPS) is 17.7. The molecule has 0 radical (unpaired) electrons. The Kier molecular flexibility index (Phi) is 4.37. The number of aryl methyl sites for hydroxylation is 1. The minimum absolute atomic E-state index is 0.199. The third-order valence-corrected chi connectivity index (χ3v) is 3.80. The molecule has 0 unspecified atom stereocenters. The van der Waals surface area contributed by atoms with Crippen LogP contribution in [0.15, 0.2) is 24.3 Å².